The molecule has 3 rings (SSSR count). The number of amides is 1. The Morgan fingerprint density at radius 1 is 1.28 bits per heavy atom. The molecule has 2 aromatic rings. The highest BCUT2D eigenvalue weighted by atomic mass is 16.5. The van der Waals surface area contributed by atoms with Gasteiger partial charge in [0.25, 0.3) is 5.91 Å². The highest BCUT2D eigenvalue weighted by molar-refractivity contribution is 5.95. The number of nitrogens with zero attached hydrogens (tertiary/aromatic N) is 2. The van der Waals surface area contributed by atoms with Crippen molar-refractivity contribution < 1.29 is 9.53 Å². The predicted octanol–water partition coefficient (Wildman–Crippen LogP) is 2.96. The van der Waals surface area contributed by atoms with Gasteiger partial charge in [-0.05, 0) is 42.5 Å². The maximum absolute atomic E-state index is 13.0. The lowest BCUT2D eigenvalue weighted by atomic mass is 9.90. The minimum absolute atomic E-state index is 0.0184. The van der Waals surface area contributed by atoms with E-state index in [9.17, 15) is 4.79 Å². The first-order valence-corrected chi connectivity index (χ1v) is 8.74. The third-order valence-electron chi connectivity index (χ3n) is 5.03. The Kier molecular flexibility index (Phi) is 5.34. The smallest absolute Gasteiger partial charge is 0.255 e. The molecule has 0 unspecified atom stereocenters. The summed E-state index contributed by atoms with van der Waals surface area (Å²) >= 11 is 0. The van der Waals surface area contributed by atoms with Gasteiger partial charge in [0.1, 0.15) is 5.75 Å². The van der Waals surface area contributed by atoms with Crippen LogP contribution in [0.15, 0.2) is 42.7 Å². The molecule has 0 bridgehead atoms. The maximum atomic E-state index is 13.0. The lowest BCUT2D eigenvalue weighted by Crippen LogP contribution is -2.51. The van der Waals surface area contributed by atoms with E-state index in [1.807, 2.05) is 35.2 Å². The first kappa shape index (κ1) is 17.4. The van der Waals surface area contributed by atoms with Gasteiger partial charge < -0.3 is 15.4 Å². The number of ether oxygens (including phenoxy) is 1. The number of pyridine rings is 1. The van der Waals surface area contributed by atoms with Crippen molar-refractivity contribution in [1.29, 1.82) is 0 Å². The van der Waals surface area contributed by atoms with E-state index in [1.165, 1.54) is 0 Å². The summed E-state index contributed by atoms with van der Waals surface area (Å²) in [5, 5.41) is 0. The van der Waals surface area contributed by atoms with Crippen molar-refractivity contribution in [3.05, 3.63) is 48.3 Å². The Hall–Kier alpha value is -2.40. The summed E-state index contributed by atoms with van der Waals surface area (Å²) in [7, 11) is 1.64. The summed E-state index contributed by atoms with van der Waals surface area (Å²) < 4.78 is 5.19. The van der Waals surface area contributed by atoms with Crippen molar-refractivity contribution in [2.24, 2.45) is 11.7 Å². The zero-order valence-electron chi connectivity index (χ0n) is 14.8. The average Bonchev–Trinajstić information content (AvgIpc) is 2.67. The SMILES string of the molecule is COc1ccc(-c2cncc(C(=O)N3CCC[C@H](C)[C@H]3CN)c2)cc1. The summed E-state index contributed by atoms with van der Waals surface area (Å²) in [6.45, 7) is 3.43. The molecule has 1 fully saturated rings. The molecule has 1 amide bonds. The highest BCUT2D eigenvalue weighted by Gasteiger charge is 2.31. The number of methoxy groups -OCH3 is 1. The van der Waals surface area contributed by atoms with E-state index in [0.717, 1.165) is 36.3 Å². The van der Waals surface area contributed by atoms with Crippen LogP contribution < -0.4 is 10.5 Å². The van der Waals surface area contributed by atoms with Crippen LogP contribution in [-0.4, -0.2) is 42.0 Å². The molecule has 5 nitrogen and oxygen atoms in total. The third kappa shape index (κ3) is 3.66. The van der Waals surface area contributed by atoms with Crippen molar-refractivity contribution in [2.75, 3.05) is 20.2 Å². The summed E-state index contributed by atoms with van der Waals surface area (Å²) in [6.07, 6.45) is 5.56. The first-order chi connectivity index (χ1) is 12.1. The zero-order chi connectivity index (χ0) is 17.8. The second-order valence-electron chi connectivity index (χ2n) is 6.61. The fourth-order valence-electron chi connectivity index (χ4n) is 3.52. The topological polar surface area (TPSA) is 68.5 Å². The number of nitrogens with two attached hydrogens (primary N) is 1. The molecule has 1 aromatic carbocycles. The van der Waals surface area contributed by atoms with Crippen LogP contribution in [-0.2, 0) is 0 Å². The molecule has 1 saturated heterocycles. The number of benzene rings is 1. The number of hydrogen-bond acceptors (Lipinski definition) is 4. The molecular formula is C20H25N3O2. The minimum Gasteiger partial charge on any atom is -0.497 e. The molecule has 2 atom stereocenters. The number of rotatable bonds is 4. The van der Waals surface area contributed by atoms with Crippen molar-refractivity contribution in [1.82, 2.24) is 9.88 Å². The number of aromatic nitrogens is 1. The fourth-order valence-corrected chi connectivity index (χ4v) is 3.52. The van der Waals surface area contributed by atoms with Gasteiger partial charge in [-0.2, -0.15) is 0 Å². The van der Waals surface area contributed by atoms with Crippen LogP contribution in [0.3, 0.4) is 0 Å². The lowest BCUT2D eigenvalue weighted by Gasteiger charge is -2.39. The molecule has 0 radical (unpaired) electrons. The van der Waals surface area contributed by atoms with Gasteiger partial charge in [0.05, 0.1) is 12.7 Å². The van der Waals surface area contributed by atoms with Gasteiger partial charge in [-0.3, -0.25) is 9.78 Å². The van der Waals surface area contributed by atoms with Crippen LogP contribution in [0.5, 0.6) is 5.75 Å². The van der Waals surface area contributed by atoms with Gasteiger partial charge in [-0.25, -0.2) is 0 Å². The van der Waals surface area contributed by atoms with E-state index >= 15 is 0 Å². The minimum atomic E-state index is 0.0184. The van der Waals surface area contributed by atoms with Gasteiger partial charge in [0.2, 0.25) is 0 Å². The van der Waals surface area contributed by atoms with E-state index in [2.05, 4.69) is 11.9 Å². The van der Waals surface area contributed by atoms with Crippen molar-refractivity contribution in [3.8, 4) is 16.9 Å². The Balaban J connectivity index is 1.86. The van der Waals surface area contributed by atoms with Crippen molar-refractivity contribution >= 4 is 5.91 Å². The summed E-state index contributed by atoms with van der Waals surface area (Å²) in [5.41, 5.74) is 8.46. The first-order valence-electron chi connectivity index (χ1n) is 8.74. The van der Waals surface area contributed by atoms with Crippen LogP contribution in [0.2, 0.25) is 0 Å². The molecule has 2 heterocycles. The van der Waals surface area contributed by atoms with E-state index in [4.69, 9.17) is 10.5 Å². The molecule has 0 spiro atoms. The third-order valence-corrected chi connectivity index (χ3v) is 5.03. The van der Waals surface area contributed by atoms with Crippen LogP contribution in [0.1, 0.15) is 30.1 Å². The number of piperidine rings is 1. The van der Waals surface area contributed by atoms with Crippen molar-refractivity contribution in [3.63, 3.8) is 0 Å². The summed E-state index contributed by atoms with van der Waals surface area (Å²) in [4.78, 5) is 19.2. The van der Waals surface area contributed by atoms with Crippen LogP contribution in [0.25, 0.3) is 11.1 Å². The molecule has 2 N–H and O–H groups in total. The van der Waals surface area contributed by atoms with Gasteiger partial charge >= 0.3 is 0 Å². The number of carbonyl (C=O) groups excluding carboxylic acids is 1. The van der Waals surface area contributed by atoms with Gasteiger partial charge in [-0.15, -0.1) is 0 Å². The Labute approximate surface area is 148 Å². The van der Waals surface area contributed by atoms with Crippen LogP contribution >= 0.6 is 0 Å². The Bertz CT molecular complexity index is 730. The van der Waals surface area contributed by atoms with Crippen LogP contribution in [0, 0.1) is 5.92 Å². The molecule has 25 heavy (non-hydrogen) atoms. The van der Waals surface area contributed by atoms with Gasteiger partial charge in [-0.1, -0.05) is 19.1 Å². The van der Waals surface area contributed by atoms with E-state index in [-0.39, 0.29) is 11.9 Å². The van der Waals surface area contributed by atoms with E-state index < -0.39 is 0 Å². The Morgan fingerprint density at radius 3 is 2.72 bits per heavy atom. The van der Waals surface area contributed by atoms with Crippen molar-refractivity contribution in [2.45, 2.75) is 25.8 Å². The molecule has 0 saturated carbocycles. The molecule has 0 aliphatic carbocycles. The van der Waals surface area contributed by atoms with Gasteiger partial charge in [0.15, 0.2) is 0 Å². The molecule has 1 aliphatic heterocycles. The maximum Gasteiger partial charge on any atom is 0.255 e. The second-order valence-corrected chi connectivity index (χ2v) is 6.61. The normalized spacial score (nSPS) is 20.4. The number of likely N-dealkylation sites (tertiary alicyclic amines) is 1. The zero-order valence-corrected chi connectivity index (χ0v) is 14.8. The largest absolute Gasteiger partial charge is 0.497 e. The monoisotopic (exact) mass is 339 g/mol. The van der Waals surface area contributed by atoms with E-state index in [0.29, 0.717) is 18.0 Å². The number of hydrogen-bond donors (Lipinski definition) is 1. The molecule has 5 heteroatoms. The highest BCUT2D eigenvalue weighted by Crippen LogP contribution is 2.26. The predicted molar refractivity (Wildman–Crippen MR) is 98.5 cm³/mol. The number of carbonyl (C=O) groups is 1. The second kappa shape index (κ2) is 7.66. The molecule has 132 valence electrons. The standard InChI is InChI=1S/C20H25N3O2/c1-14-4-3-9-23(19(14)11-21)20(24)17-10-16(12-22-13-17)15-5-7-18(25-2)8-6-15/h5-8,10,12-14,19H,3-4,9,11,21H2,1-2H3/t14-,19+/m0/s1. The molecule has 1 aliphatic rings. The van der Waals surface area contributed by atoms with Gasteiger partial charge in [0, 0.05) is 37.1 Å². The van der Waals surface area contributed by atoms with E-state index in [1.54, 1.807) is 19.5 Å². The average molecular weight is 339 g/mol. The quantitative estimate of drug-likeness (QED) is 0.930. The fraction of sp³-hybridized carbons (Fsp3) is 0.400. The summed E-state index contributed by atoms with van der Waals surface area (Å²) in [5.74, 6) is 1.25. The molecule has 1 aromatic heterocycles. The van der Waals surface area contributed by atoms with Crippen LogP contribution in [0.4, 0.5) is 0 Å². The Morgan fingerprint density at radius 2 is 2.04 bits per heavy atom. The molecular weight excluding hydrogens is 314 g/mol. The lowest BCUT2D eigenvalue weighted by molar-refractivity contribution is 0.0532. The summed E-state index contributed by atoms with van der Waals surface area (Å²) in [6, 6.07) is 9.75.